The Balaban J connectivity index is 1.60. The Morgan fingerprint density at radius 3 is 2.47 bits per heavy atom. The Hall–Kier alpha value is -3.22. The third-order valence-electron chi connectivity index (χ3n) is 4.52. The standard InChI is InChI=1S/C22H17Cl2N5O/c23-20-9-4-16(11-21(20)24)12-28(13-18-3-1-2-10-26-18)22(30)17-5-7-19(8-6-17)29-15-25-14-27-29/h1-11,14-15H,12-13H2. The third-order valence-corrected chi connectivity index (χ3v) is 5.26. The molecule has 2 aromatic heterocycles. The van der Waals surface area contributed by atoms with Crippen molar-refractivity contribution >= 4 is 29.1 Å². The zero-order chi connectivity index (χ0) is 20.9. The van der Waals surface area contributed by atoms with Crippen molar-refractivity contribution in [1.29, 1.82) is 0 Å². The first-order valence-electron chi connectivity index (χ1n) is 9.18. The number of pyridine rings is 1. The van der Waals surface area contributed by atoms with Crippen LogP contribution in [0.2, 0.25) is 10.0 Å². The van der Waals surface area contributed by atoms with E-state index in [9.17, 15) is 4.79 Å². The minimum Gasteiger partial charge on any atom is -0.328 e. The maximum Gasteiger partial charge on any atom is 0.254 e. The van der Waals surface area contributed by atoms with Crippen LogP contribution in [-0.2, 0) is 13.1 Å². The highest BCUT2D eigenvalue weighted by Crippen LogP contribution is 2.24. The van der Waals surface area contributed by atoms with Gasteiger partial charge in [-0.3, -0.25) is 9.78 Å². The molecule has 0 radical (unpaired) electrons. The van der Waals surface area contributed by atoms with E-state index in [4.69, 9.17) is 23.2 Å². The molecule has 0 aliphatic rings. The van der Waals surface area contributed by atoms with Crippen molar-refractivity contribution in [2.24, 2.45) is 0 Å². The normalized spacial score (nSPS) is 10.7. The molecule has 2 heterocycles. The van der Waals surface area contributed by atoms with Crippen LogP contribution in [-0.4, -0.2) is 30.6 Å². The molecule has 150 valence electrons. The average Bonchev–Trinajstić information content (AvgIpc) is 3.31. The number of hydrogen-bond donors (Lipinski definition) is 0. The van der Waals surface area contributed by atoms with Gasteiger partial charge in [-0.15, -0.1) is 0 Å². The van der Waals surface area contributed by atoms with Gasteiger partial charge in [0.15, 0.2) is 0 Å². The molecule has 0 N–H and O–H groups in total. The molecule has 0 unspecified atom stereocenters. The van der Waals surface area contributed by atoms with Gasteiger partial charge < -0.3 is 4.90 Å². The second-order valence-corrected chi connectivity index (χ2v) is 7.43. The summed E-state index contributed by atoms with van der Waals surface area (Å²) in [5.41, 5.74) is 3.07. The maximum atomic E-state index is 13.3. The fourth-order valence-electron chi connectivity index (χ4n) is 3.03. The lowest BCUT2D eigenvalue weighted by molar-refractivity contribution is 0.0728. The highest BCUT2D eigenvalue weighted by Gasteiger charge is 2.18. The number of hydrogen-bond acceptors (Lipinski definition) is 4. The molecule has 2 aromatic carbocycles. The molecule has 0 bridgehead atoms. The van der Waals surface area contributed by atoms with Crippen LogP contribution in [0.4, 0.5) is 0 Å². The Morgan fingerprint density at radius 2 is 1.80 bits per heavy atom. The molecule has 0 fully saturated rings. The minimum absolute atomic E-state index is 0.114. The monoisotopic (exact) mass is 437 g/mol. The molecule has 0 aliphatic heterocycles. The van der Waals surface area contributed by atoms with Crippen LogP contribution in [0.25, 0.3) is 5.69 Å². The first kappa shape index (κ1) is 20.1. The number of amides is 1. The lowest BCUT2D eigenvalue weighted by Gasteiger charge is -2.23. The number of rotatable bonds is 6. The van der Waals surface area contributed by atoms with Crippen molar-refractivity contribution < 1.29 is 4.79 Å². The van der Waals surface area contributed by atoms with Gasteiger partial charge >= 0.3 is 0 Å². The van der Waals surface area contributed by atoms with E-state index in [1.54, 1.807) is 46.4 Å². The van der Waals surface area contributed by atoms with E-state index in [-0.39, 0.29) is 5.91 Å². The van der Waals surface area contributed by atoms with Crippen LogP contribution in [0.3, 0.4) is 0 Å². The molecule has 0 aliphatic carbocycles. The second kappa shape index (κ2) is 9.07. The summed E-state index contributed by atoms with van der Waals surface area (Å²) in [4.78, 5) is 23.3. The first-order valence-corrected chi connectivity index (χ1v) is 9.94. The van der Waals surface area contributed by atoms with E-state index in [0.717, 1.165) is 16.9 Å². The van der Waals surface area contributed by atoms with Crippen molar-refractivity contribution in [3.05, 3.63) is 106 Å². The van der Waals surface area contributed by atoms with Crippen molar-refractivity contribution in [2.45, 2.75) is 13.1 Å². The van der Waals surface area contributed by atoms with Gasteiger partial charge in [0.25, 0.3) is 5.91 Å². The number of carbonyl (C=O) groups is 1. The number of aromatic nitrogens is 4. The van der Waals surface area contributed by atoms with Crippen molar-refractivity contribution in [2.75, 3.05) is 0 Å². The fraction of sp³-hybridized carbons (Fsp3) is 0.0909. The molecule has 4 rings (SSSR count). The molecule has 1 amide bonds. The smallest absolute Gasteiger partial charge is 0.254 e. The van der Waals surface area contributed by atoms with Gasteiger partial charge in [-0.1, -0.05) is 35.3 Å². The maximum absolute atomic E-state index is 13.3. The molecular formula is C22H17Cl2N5O. The Kier molecular flexibility index (Phi) is 6.07. The summed E-state index contributed by atoms with van der Waals surface area (Å²) in [6.07, 6.45) is 4.78. The lowest BCUT2D eigenvalue weighted by Crippen LogP contribution is -2.30. The van der Waals surface area contributed by atoms with Crippen LogP contribution in [0.15, 0.2) is 79.5 Å². The van der Waals surface area contributed by atoms with E-state index >= 15 is 0 Å². The summed E-state index contributed by atoms with van der Waals surface area (Å²) >= 11 is 12.2. The van der Waals surface area contributed by atoms with Crippen LogP contribution in [0.5, 0.6) is 0 Å². The molecule has 0 saturated heterocycles. The molecule has 0 saturated carbocycles. The van der Waals surface area contributed by atoms with Crippen LogP contribution in [0.1, 0.15) is 21.6 Å². The number of halogens is 2. The topological polar surface area (TPSA) is 63.9 Å². The second-order valence-electron chi connectivity index (χ2n) is 6.62. The number of benzene rings is 2. The minimum atomic E-state index is -0.114. The van der Waals surface area contributed by atoms with E-state index in [2.05, 4.69) is 15.1 Å². The SMILES string of the molecule is O=C(c1ccc(-n2cncn2)cc1)N(Cc1ccc(Cl)c(Cl)c1)Cc1ccccn1. The first-order chi connectivity index (χ1) is 14.6. The van der Waals surface area contributed by atoms with Crippen molar-refractivity contribution in [3.8, 4) is 5.69 Å². The van der Waals surface area contributed by atoms with Crippen LogP contribution in [0, 0.1) is 0 Å². The van der Waals surface area contributed by atoms with Crippen molar-refractivity contribution in [3.63, 3.8) is 0 Å². The molecule has 8 heteroatoms. The van der Waals surface area contributed by atoms with E-state index < -0.39 is 0 Å². The Morgan fingerprint density at radius 1 is 0.967 bits per heavy atom. The largest absolute Gasteiger partial charge is 0.328 e. The van der Waals surface area contributed by atoms with Gasteiger partial charge in [0.1, 0.15) is 12.7 Å². The van der Waals surface area contributed by atoms with Crippen LogP contribution < -0.4 is 0 Å². The van der Waals surface area contributed by atoms with E-state index in [1.165, 1.54) is 6.33 Å². The van der Waals surface area contributed by atoms with Gasteiger partial charge in [0.05, 0.1) is 28.0 Å². The lowest BCUT2D eigenvalue weighted by atomic mass is 10.1. The summed E-state index contributed by atoms with van der Waals surface area (Å²) in [5.74, 6) is -0.114. The van der Waals surface area contributed by atoms with Gasteiger partial charge in [0.2, 0.25) is 0 Å². The molecule has 4 aromatic rings. The predicted octanol–water partition coefficient (Wildman–Crippen LogP) is 4.81. The molecule has 0 atom stereocenters. The molecule has 30 heavy (non-hydrogen) atoms. The van der Waals surface area contributed by atoms with Gasteiger partial charge in [0, 0.05) is 18.3 Å². The van der Waals surface area contributed by atoms with Gasteiger partial charge in [-0.25, -0.2) is 9.67 Å². The summed E-state index contributed by atoms with van der Waals surface area (Å²) in [5, 5.41) is 5.04. The van der Waals surface area contributed by atoms with Gasteiger partial charge in [-0.05, 0) is 54.1 Å². The van der Waals surface area contributed by atoms with E-state index in [1.807, 2.05) is 36.4 Å². The highest BCUT2D eigenvalue weighted by atomic mass is 35.5. The predicted molar refractivity (Wildman–Crippen MR) is 116 cm³/mol. The highest BCUT2D eigenvalue weighted by molar-refractivity contribution is 6.42. The summed E-state index contributed by atoms with van der Waals surface area (Å²) in [6, 6.07) is 18.2. The van der Waals surface area contributed by atoms with Crippen LogP contribution >= 0.6 is 23.2 Å². The summed E-state index contributed by atoms with van der Waals surface area (Å²) < 4.78 is 1.63. The van der Waals surface area contributed by atoms with Gasteiger partial charge in [-0.2, -0.15) is 5.10 Å². The summed E-state index contributed by atoms with van der Waals surface area (Å²) in [6.45, 7) is 0.738. The number of carbonyl (C=O) groups excluding carboxylic acids is 1. The average molecular weight is 438 g/mol. The Labute approximate surface area is 183 Å². The van der Waals surface area contributed by atoms with E-state index in [0.29, 0.717) is 28.7 Å². The molecule has 0 spiro atoms. The summed E-state index contributed by atoms with van der Waals surface area (Å²) in [7, 11) is 0. The molecule has 6 nitrogen and oxygen atoms in total. The quantitative estimate of drug-likeness (QED) is 0.434. The fourth-order valence-corrected chi connectivity index (χ4v) is 3.35. The van der Waals surface area contributed by atoms with Crippen molar-refractivity contribution in [1.82, 2.24) is 24.6 Å². The zero-order valence-corrected chi connectivity index (χ0v) is 17.3. The third kappa shape index (κ3) is 4.67. The number of nitrogens with zero attached hydrogens (tertiary/aromatic N) is 5. The Bertz CT molecular complexity index is 1130. The zero-order valence-electron chi connectivity index (χ0n) is 15.8. The molecular weight excluding hydrogens is 421 g/mol.